The zero-order chi connectivity index (χ0) is 12.6. The van der Waals surface area contributed by atoms with Crippen LogP contribution in [0, 0.1) is 23.2 Å². The highest BCUT2D eigenvalue weighted by Gasteiger charge is 2.49. The average molecular weight is 234 g/mol. The second-order valence-corrected chi connectivity index (χ2v) is 6.17. The van der Waals surface area contributed by atoms with Crippen LogP contribution in [0.5, 0.6) is 0 Å². The number of carbonyl (C=O) groups excluding carboxylic acids is 2. The number of aldehydes is 1. The molecule has 17 heavy (non-hydrogen) atoms. The zero-order valence-corrected chi connectivity index (χ0v) is 11.0. The molecule has 0 aliphatic heterocycles. The molecule has 1 saturated carbocycles. The fourth-order valence-electron chi connectivity index (χ4n) is 3.62. The molecule has 0 aromatic carbocycles. The number of rotatable bonds is 2. The first-order valence-electron chi connectivity index (χ1n) is 6.68. The summed E-state index contributed by atoms with van der Waals surface area (Å²) in [6, 6.07) is 0. The van der Waals surface area contributed by atoms with E-state index in [0.717, 1.165) is 24.7 Å². The molecule has 94 valence electrons. The molecule has 0 aromatic rings. The van der Waals surface area contributed by atoms with Gasteiger partial charge in [0, 0.05) is 11.8 Å². The Labute approximate surface area is 103 Å². The van der Waals surface area contributed by atoms with Crippen LogP contribution in [0.4, 0.5) is 0 Å². The molecule has 0 N–H and O–H groups in total. The van der Waals surface area contributed by atoms with Crippen molar-refractivity contribution in [1.82, 2.24) is 0 Å². The molecule has 2 aliphatic carbocycles. The SMILES string of the molecule is CC(C)[C@@H]1CC[C@@]2(C)C(=O)CCC(C=O)=C[C@@H]12. The van der Waals surface area contributed by atoms with Crippen LogP contribution in [0.3, 0.4) is 0 Å². The summed E-state index contributed by atoms with van der Waals surface area (Å²) in [4.78, 5) is 23.3. The first-order valence-corrected chi connectivity index (χ1v) is 6.68. The van der Waals surface area contributed by atoms with E-state index in [-0.39, 0.29) is 11.3 Å². The van der Waals surface area contributed by atoms with Crippen LogP contribution in [-0.2, 0) is 9.59 Å². The molecule has 0 heterocycles. The number of allylic oxidation sites excluding steroid dienone is 2. The topological polar surface area (TPSA) is 34.1 Å². The minimum absolute atomic E-state index is 0.209. The summed E-state index contributed by atoms with van der Waals surface area (Å²) in [5.41, 5.74) is 0.624. The Morgan fingerprint density at radius 1 is 1.41 bits per heavy atom. The lowest BCUT2D eigenvalue weighted by Crippen LogP contribution is -2.32. The summed E-state index contributed by atoms with van der Waals surface area (Å²) in [6.07, 6.45) is 6.33. The van der Waals surface area contributed by atoms with E-state index in [0.29, 0.717) is 30.5 Å². The Morgan fingerprint density at radius 2 is 2.12 bits per heavy atom. The highest BCUT2D eigenvalue weighted by Crippen LogP contribution is 2.52. The maximum absolute atomic E-state index is 12.3. The van der Waals surface area contributed by atoms with Gasteiger partial charge in [-0.1, -0.05) is 26.8 Å². The highest BCUT2D eigenvalue weighted by atomic mass is 16.1. The number of fused-ring (bicyclic) bond motifs is 1. The third-order valence-corrected chi connectivity index (χ3v) is 4.87. The molecule has 0 aromatic heterocycles. The maximum atomic E-state index is 12.3. The summed E-state index contributed by atoms with van der Waals surface area (Å²) in [5, 5.41) is 0. The molecule has 2 heteroatoms. The van der Waals surface area contributed by atoms with Gasteiger partial charge in [0.1, 0.15) is 12.1 Å². The lowest BCUT2D eigenvalue weighted by Gasteiger charge is -2.31. The van der Waals surface area contributed by atoms with Gasteiger partial charge in [-0.25, -0.2) is 0 Å². The summed E-state index contributed by atoms with van der Waals surface area (Å²) in [5.74, 6) is 1.77. The molecule has 1 fully saturated rings. The second kappa shape index (κ2) is 4.40. The van der Waals surface area contributed by atoms with Crippen molar-refractivity contribution in [3.05, 3.63) is 11.6 Å². The summed E-state index contributed by atoms with van der Waals surface area (Å²) >= 11 is 0. The monoisotopic (exact) mass is 234 g/mol. The van der Waals surface area contributed by atoms with Gasteiger partial charge < -0.3 is 0 Å². The molecule has 0 unspecified atom stereocenters. The zero-order valence-electron chi connectivity index (χ0n) is 11.0. The first kappa shape index (κ1) is 12.5. The van der Waals surface area contributed by atoms with Crippen molar-refractivity contribution in [3.8, 4) is 0 Å². The molecule has 3 atom stereocenters. The maximum Gasteiger partial charge on any atom is 0.145 e. The first-order chi connectivity index (χ1) is 7.99. The summed E-state index contributed by atoms with van der Waals surface area (Å²) in [6.45, 7) is 6.55. The minimum Gasteiger partial charge on any atom is -0.299 e. The predicted octanol–water partition coefficient (Wildman–Crippen LogP) is 3.16. The normalized spacial score (nSPS) is 37.6. The largest absolute Gasteiger partial charge is 0.299 e. The van der Waals surface area contributed by atoms with E-state index >= 15 is 0 Å². The third-order valence-electron chi connectivity index (χ3n) is 4.87. The standard InChI is InChI=1S/C15H22O2/c1-10(2)12-6-7-15(3)13(12)8-11(9-16)4-5-14(15)17/h8-10,12-13H,4-7H2,1-3H3/t12-,13-,15+/m0/s1. The minimum atomic E-state index is -0.209. The van der Waals surface area contributed by atoms with E-state index < -0.39 is 0 Å². The van der Waals surface area contributed by atoms with E-state index in [1.165, 1.54) is 0 Å². The lowest BCUT2D eigenvalue weighted by atomic mass is 9.72. The van der Waals surface area contributed by atoms with Crippen LogP contribution in [-0.4, -0.2) is 12.1 Å². The second-order valence-electron chi connectivity index (χ2n) is 6.17. The highest BCUT2D eigenvalue weighted by molar-refractivity contribution is 5.88. The van der Waals surface area contributed by atoms with Crippen molar-refractivity contribution in [2.45, 2.75) is 46.5 Å². The van der Waals surface area contributed by atoms with Crippen LogP contribution in [0.2, 0.25) is 0 Å². The van der Waals surface area contributed by atoms with Crippen molar-refractivity contribution in [3.63, 3.8) is 0 Å². The van der Waals surface area contributed by atoms with Crippen molar-refractivity contribution >= 4 is 12.1 Å². The molecular weight excluding hydrogens is 212 g/mol. The van der Waals surface area contributed by atoms with Crippen LogP contribution >= 0.6 is 0 Å². The number of carbonyl (C=O) groups is 2. The van der Waals surface area contributed by atoms with E-state index in [2.05, 4.69) is 26.8 Å². The van der Waals surface area contributed by atoms with Gasteiger partial charge in [-0.2, -0.15) is 0 Å². The van der Waals surface area contributed by atoms with E-state index in [1.54, 1.807) is 0 Å². The molecule has 0 amide bonds. The summed E-state index contributed by atoms with van der Waals surface area (Å²) < 4.78 is 0. The number of hydrogen-bond acceptors (Lipinski definition) is 2. The van der Waals surface area contributed by atoms with Gasteiger partial charge >= 0.3 is 0 Å². The van der Waals surface area contributed by atoms with Gasteiger partial charge in [-0.05, 0) is 42.6 Å². The molecule has 0 spiro atoms. The summed E-state index contributed by atoms with van der Waals surface area (Å²) in [7, 11) is 0. The number of ketones is 1. The lowest BCUT2D eigenvalue weighted by molar-refractivity contribution is -0.129. The van der Waals surface area contributed by atoms with Gasteiger partial charge in [0.15, 0.2) is 0 Å². The van der Waals surface area contributed by atoms with E-state index in [1.807, 2.05) is 0 Å². The van der Waals surface area contributed by atoms with Gasteiger partial charge in [-0.15, -0.1) is 0 Å². The molecule has 0 radical (unpaired) electrons. The predicted molar refractivity (Wildman–Crippen MR) is 67.5 cm³/mol. The Morgan fingerprint density at radius 3 is 2.71 bits per heavy atom. The Kier molecular flexibility index (Phi) is 3.24. The Bertz CT molecular complexity index is 367. The Hall–Kier alpha value is -0.920. The average Bonchev–Trinajstić information content (AvgIpc) is 2.57. The molecular formula is C15H22O2. The van der Waals surface area contributed by atoms with Crippen molar-refractivity contribution in [1.29, 1.82) is 0 Å². The molecule has 0 bridgehead atoms. The van der Waals surface area contributed by atoms with Crippen molar-refractivity contribution < 1.29 is 9.59 Å². The fourth-order valence-corrected chi connectivity index (χ4v) is 3.62. The fraction of sp³-hybridized carbons (Fsp3) is 0.733. The van der Waals surface area contributed by atoms with Gasteiger partial charge in [0.2, 0.25) is 0 Å². The van der Waals surface area contributed by atoms with E-state index in [9.17, 15) is 9.59 Å². The van der Waals surface area contributed by atoms with E-state index in [4.69, 9.17) is 0 Å². The van der Waals surface area contributed by atoms with Gasteiger partial charge in [0.25, 0.3) is 0 Å². The van der Waals surface area contributed by atoms with Crippen molar-refractivity contribution in [2.75, 3.05) is 0 Å². The van der Waals surface area contributed by atoms with Crippen molar-refractivity contribution in [2.24, 2.45) is 23.2 Å². The van der Waals surface area contributed by atoms with Crippen LogP contribution < -0.4 is 0 Å². The van der Waals surface area contributed by atoms with Crippen LogP contribution in [0.25, 0.3) is 0 Å². The quantitative estimate of drug-likeness (QED) is 0.688. The third kappa shape index (κ3) is 1.98. The van der Waals surface area contributed by atoms with Gasteiger partial charge in [-0.3, -0.25) is 9.59 Å². The number of hydrogen-bond donors (Lipinski definition) is 0. The van der Waals surface area contributed by atoms with Gasteiger partial charge in [0.05, 0.1) is 0 Å². The number of Topliss-reactive ketones (excluding diaryl/α,β-unsaturated/α-hetero) is 1. The molecule has 0 saturated heterocycles. The molecule has 2 rings (SSSR count). The smallest absolute Gasteiger partial charge is 0.145 e. The van der Waals surface area contributed by atoms with Crippen LogP contribution in [0.15, 0.2) is 11.6 Å². The Balaban J connectivity index is 2.40. The van der Waals surface area contributed by atoms with Crippen LogP contribution in [0.1, 0.15) is 46.5 Å². The molecule has 2 nitrogen and oxygen atoms in total. The molecule has 2 aliphatic rings.